The molecule has 0 saturated carbocycles. The van der Waals surface area contributed by atoms with E-state index in [1.807, 2.05) is 0 Å². The van der Waals surface area contributed by atoms with Gasteiger partial charge >= 0.3 is 11.9 Å². The van der Waals surface area contributed by atoms with E-state index in [-0.39, 0.29) is 18.9 Å². The van der Waals surface area contributed by atoms with Crippen molar-refractivity contribution >= 4 is 22.0 Å². The Morgan fingerprint density at radius 3 is 2.35 bits per heavy atom. The van der Waals surface area contributed by atoms with Gasteiger partial charge in [-0.25, -0.2) is 22.7 Å². The lowest BCUT2D eigenvalue weighted by Gasteiger charge is -2.04. The Balaban J connectivity index is 3.80. The molecule has 0 fully saturated rings. The van der Waals surface area contributed by atoms with Gasteiger partial charge < -0.3 is 9.47 Å². The first-order valence-electron chi connectivity index (χ1n) is 4.81. The summed E-state index contributed by atoms with van der Waals surface area (Å²) in [6.45, 7) is 1.38. The fraction of sp³-hybridized carbons (Fsp3) is 0.556. The predicted molar refractivity (Wildman–Crippen MR) is 59.6 cm³/mol. The van der Waals surface area contributed by atoms with Gasteiger partial charge in [-0.2, -0.15) is 0 Å². The minimum Gasteiger partial charge on any atom is -0.466 e. The van der Waals surface area contributed by atoms with Crippen LogP contribution in [0, 0.1) is 0 Å². The van der Waals surface area contributed by atoms with Gasteiger partial charge in [-0.1, -0.05) is 0 Å². The molecule has 0 unspecified atom stereocenters. The number of ether oxygens (including phenoxy) is 2. The van der Waals surface area contributed by atoms with Crippen LogP contribution in [0.1, 0.15) is 6.92 Å². The number of nitrogens with one attached hydrogen (secondary N) is 1. The molecule has 0 aromatic carbocycles. The molecule has 17 heavy (non-hydrogen) atoms. The largest absolute Gasteiger partial charge is 0.466 e. The monoisotopic (exact) mass is 265 g/mol. The molecule has 0 atom stereocenters. The lowest BCUT2D eigenvalue weighted by Crippen LogP contribution is -2.29. The van der Waals surface area contributed by atoms with E-state index in [1.54, 1.807) is 0 Å². The first-order chi connectivity index (χ1) is 7.91. The van der Waals surface area contributed by atoms with Crippen LogP contribution in [-0.2, 0) is 29.1 Å². The molecule has 0 aliphatic carbocycles. The highest BCUT2D eigenvalue weighted by Crippen LogP contribution is 1.85. The molecular formula is C9H15NO6S. The quantitative estimate of drug-likeness (QED) is 0.367. The highest BCUT2D eigenvalue weighted by molar-refractivity contribution is 7.89. The van der Waals surface area contributed by atoms with E-state index in [9.17, 15) is 18.0 Å². The van der Waals surface area contributed by atoms with Crippen LogP contribution in [-0.4, -0.2) is 46.4 Å². The van der Waals surface area contributed by atoms with E-state index >= 15 is 0 Å². The summed E-state index contributed by atoms with van der Waals surface area (Å²) in [5.74, 6) is -1.46. The van der Waals surface area contributed by atoms with E-state index in [4.69, 9.17) is 0 Å². The van der Waals surface area contributed by atoms with Gasteiger partial charge in [-0.05, 0) is 6.92 Å². The van der Waals surface area contributed by atoms with Crippen LogP contribution in [0.25, 0.3) is 0 Å². The Labute approximate surface area is 99.8 Å². The Bertz CT molecular complexity index is 386. The number of esters is 2. The summed E-state index contributed by atoms with van der Waals surface area (Å²) in [5, 5.41) is 0. The van der Waals surface area contributed by atoms with Crippen molar-refractivity contribution in [1.29, 1.82) is 0 Å². The predicted octanol–water partition coefficient (Wildman–Crippen LogP) is -0.802. The summed E-state index contributed by atoms with van der Waals surface area (Å²) in [4.78, 5) is 21.6. The molecule has 0 rings (SSSR count). The number of methoxy groups -OCH3 is 1. The molecule has 0 heterocycles. The summed E-state index contributed by atoms with van der Waals surface area (Å²) in [5.41, 5.74) is 0. The molecule has 0 aliphatic rings. The molecule has 0 saturated heterocycles. The van der Waals surface area contributed by atoms with Crippen molar-refractivity contribution in [2.24, 2.45) is 0 Å². The van der Waals surface area contributed by atoms with Crippen molar-refractivity contribution in [2.45, 2.75) is 6.92 Å². The molecular weight excluding hydrogens is 250 g/mol. The van der Waals surface area contributed by atoms with E-state index in [0.29, 0.717) is 0 Å². The Kier molecular flexibility index (Phi) is 7.15. The Morgan fingerprint density at radius 1 is 1.24 bits per heavy atom. The first-order valence-corrected chi connectivity index (χ1v) is 6.46. The summed E-state index contributed by atoms with van der Waals surface area (Å²) >= 11 is 0. The lowest BCUT2D eigenvalue weighted by molar-refractivity contribution is -0.139. The fourth-order valence-electron chi connectivity index (χ4n) is 0.703. The average molecular weight is 265 g/mol. The van der Waals surface area contributed by atoms with Gasteiger partial charge in [0.2, 0.25) is 10.0 Å². The fourth-order valence-corrected chi connectivity index (χ4v) is 1.30. The van der Waals surface area contributed by atoms with Crippen LogP contribution < -0.4 is 4.72 Å². The normalized spacial score (nSPS) is 11.4. The topological polar surface area (TPSA) is 98.8 Å². The first kappa shape index (κ1) is 15.6. The summed E-state index contributed by atoms with van der Waals surface area (Å²) < 4.78 is 33.0. The number of carbonyl (C=O) groups excluding carboxylic acids is 2. The highest BCUT2D eigenvalue weighted by Gasteiger charge is 2.05. The second-order valence-corrected chi connectivity index (χ2v) is 4.92. The molecule has 0 aromatic heterocycles. The molecule has 98 valence electrons. The van der Waals surface area contributed by atoms with Gasteiger partial charge in [0.05, 0.1) is 12.9 Å². The molecule has 8 heteroatoms. The summed E-state index contributed by atoms with van der Waals surface area (Å²) in [6, 6.07) is 0. The van der Waals surface area contributed by atoms with Crippen molar-refractivity contribution in [3.05, 3.63) is 12.2 Å². The maximum atomic E-state index is 11.0. The Morgan fingerprint density at radius 2 is 1.82 bits per heavy atom. The van der Waals surface area contributed by atoms with E-state index < -0.39 is 22.0 Å². The van der Waals surface area contributed by atoms with E-state index in [2.05, 4.69) is 14.2 Å². The number of sulfonamides is 1. The van der Waals surface area contributed by atoms with Crippen LogP contribution in [0.15, 0.2) is 12.2 Å². The van der Waals surface area contributed by atoms with Crippen LogP contribution in [0.5, 0.6) is 0 Å². The third-order valence-corrected chi connectivity index (χ3v) is 3.01. The number of hydrogen-bond acceptors (Lipinski definition) is 6. The zero-order chi connectivity index (χ0) is 13.3. The SMILES string of the molecule is CCS(=O)(=O)NCCOC(=O)/C=C/C(=O)OC. The van der Waals surface area contributed by atoms with Gasteiger partial charge in [0.25, 0.3) is 0 Å². The molecule has 0 bridgehead atoms. The summed E-state index contributed by atoms with van der Waals surface area (Å²) in [6.07, 6.45) is 1.82. The zero-order valence-corrected chi connectivity index (χ0v) is 10.5. The number of rotatable bonds is 7. The van der Waals surface area contributed by atoms with Crippen molar-refractivity contribution in [3.8, 4) is 0 Å². The highest BCUT2D eigenvalue weighted by atomic mass is 32.2. The average Bonchev–Trinajstić information content (AvgIpc) is 2.31. The van der Waals surface area contributed by atoms with Gasteiger partial charge in [0.1, 0.15) is 6.61 Å². The lowest BCUT2D eigenvalue weighted by atomic mass is 10.5. The standard InChI is InChI=1S/C9H15NO6S/c1-3-17(13,14)10-6-7-16-9(12)5-4-8(11)15-2/h4-5,10H,3,6-7H2,1-2H3/b5-4+. The second-order valence-electron chi connectivity index (χ2n) is 2.82. The molecule has 0 radical (unpaired) electrons. The van der Waals surface area contributed by atoms with Crippen LogP contribution >= 0.6 is 0 Å². The number of carbonyl (C=O) groups is 2. The summed E-state index contributed by atoms with van der Waals surface area (Å²) in [7, 11) is -2.10. The van der Waals surface area contributed by atoms with Crippen molar-refractivity contribution < 1.29 is 27.5 Å². The minimum absolute atomic E-state index is 0.00597. The van der Waals surface area contributed by atoms with Crippen LogP contribution in [0.3, 0.4) is 0 Å². The van der Waals surface area contributed by atoms with Crippen molar-refractivity contribution in [1.82, 2.24) is 4.72 Å². The van der Waals surface area contributed by atoms with E-state index in [1.165, 1.54) is 14.0 Å². The smallest absolute Gasteiger partial charge is 0.331 e. The maximum absolute atomic E-state index is 11.0. The number of hydrogen-bond donors (Lipinski definition) is 1. The van der Waals surface area contributed by atoms with E-state index in [0.717, 1.165) is 12.2 Å². The molecule has 7 nitrogen and oxygen atoms in total. The Hall–Kier alpha value is -1.41. The third-order valence-electron chi connectivity index (χ3n) is 1.61. The van der Waals surface area contributed by atoms with Crippen LogP contribution in [0.2, 0.25) is 0 Å². The van der Waals surface area contributed by atoms with Crippen molar-refractivity contribution in [3.63, 3.8) is 0 Å². The molecule has 0 aromatic rings. The third kappa shape index (κ3) is 8.40. The van der Waals surface area contributed by atoms with Gasteiger partial charge in [-0.3, -0.25) is 0 Å². The minimum atomic E-state index is -3.28. The maximum Gasteiger partial charge on any atom is 0.331 e. The molecule has 1 N–H and O–H groups in total. The van der Waals surface area contributed by atoms with Gasteiger partial charge in [0.15, 0.2) is 0 Å². The van der Waals surface area contributed by atoms with Gasteiger partial charge in [0, 0.05) is 18.7 Å². The molecule has 0 amide bonds. The zero-order valence-electron chi connectivity index (χ0n) is 9.63. The van der Waals surface area contributed by atoms with Gasteiger partial charge in [-0.15, -0.1) is 0 Å². The second kappa shape index (κ2) is 7.80. The van der Waals surface area contributed by atoms with Crippen LogP contribution in [0.4, 0.5) is 0 Å². The van der Waals surface area contributed by atoms with Crippen molar-refractivity contribution in [2.75, 3.05) is 26.0 Å². The molecule has 0 spiro atoms. The molecule has 0 aliphatic heterocycles.